The number of halogens is 1. The molecule has 2 aliphatic rings. The van der Waals surface area contributed by atoms with E-state index in [0.29, 0.717) is 5.92 Å². The van der Waals surface area contributed by atoms with E-state index in [1.807, 2.05) is 24.3 Å². The smallest absolute Gasteiger partial charge is 0.230 e. The van der Waals surface area contributed by atoms with Gasteiger partial charge in [0.25, 0.3) is 0 Å². The fourth-order valence-corrected chi connectivity index (χ4v) is 3.24. The monoisotopic (exact) mass is 263 g/mol. The second kappa shape index (κ2) is 4.39. The van der Waals surface area contributed by atoms with Crippen LogP contribution in [-0.2, 0) is 9.59 Å². The van der Waals surface area contributed by atoms with Gasteiger partial charge in [-0.2, -0.15) is 0 Å². The number of carbonyl (C=O) groups is 2. The molecule has 1 aliphatic heterocycles. The van der Waals surface area contributed by atoms with Crippen LogP contribution in [0, 0.1) is 11.8 Å². The second-order valence-electron chi connectivity index (χ2n) is 5.13. The molecule has 1 aromatic rings. The number of fused-ring (bicyclic) bond motifs is 1. The zero-order valence-corrected chi connectivity index (χ0v) is 10.6. The summed E-state index contributed by atoms with van der Waals surface area (Å²) in [6, 6.07) is 7.79. The van der Waals surface area contributed by atoms with Gasteiger partial charge >= 0.3 is 0 Å². The number of benzene rings is 1. The Hall–Kier alpha value is -1.35. The average molecular weight is 264 g/mol. The third-order valence-corrected chi connectivity index (χ3v) is 4.36. The molecule has 0 bridgehead atoms. The second-order valence-corrected chi connectivity index (χ2v) is 5.56. The van der Waals surface area contributed by atoms with Gasteiger partial charge in [0.2, 0.25) is 11.8 Å². The fraction of sp³-hybridized carbons (Fsp3) is 0.429. The lowest BCUT2D eigenvalue weighted by Crippen LogP contribution is -2.26. The standard InChI is InChI=1S/C14H14ClNO2/c15-10-4-1-8(2-5-10)9-3-6-11-12(7-9)14(18)16-13(11)17/h1-2,4-5,9,11-12H,3,6-7H2,(H,16,17,18). The predicted molar refractivity (Wildman–Crippen MR) is 68.2 cm³/mol. The van der Waals surface area contributed by atoms with Crippen LogP contribution in [-0.4, -0.2) is 11.8 Å². The summed E-state index contributed by atoms with van der Waals surface area (Å²) in [6.07, 6.45) is 2.53. The molecule has 3 unspecified atom stereocenters. The van der Waals surface area contributed by atoms with Crippen LogP contribution in [0.15, 0.2) is 24.3 Å². The molecule has 94 valence electrons. The molecular weight excluding hydrogens is 250 g/mol. The Morgan fingerprint density at radius 1 is 1.00 bits per heavy atom. The first-order chi connectivity index (χ1) is 8.65. The lowest BCUT2D eigenvalue weighted by Gasteiger charge is -2.29. The highest BCUT2D eigenvalue weighted by Crippen LogP contribution is 2.42. The highest BCUT2D eigenvalue weighted by Gasteiger charge is 2.45. The van der Waals surface area contributed by atoms with Crippen LogP contribution in [0.5, 0.6) is 0 Å². The number of hydrogen-bond acceptors (Lipinski definition) is 2. The molecule has 1 aliphatic carbocycles. The summed E-state index contributed by atoms with van der Waals surface area (Å²) in [5.41, 5.74) is 1.21. The van der Waals surface area contributed by atoms with Crippen molar-refractivity contribution in [1.29, 1.82) is 0 Å². The number of hydrogen-bond donors (Lipinski definition) is 1. The molecule has 3 atom stereocenters. The minimum atomic E-state index is -0.132. The normalized spacial score (nSPS) is 31.1. The van der Waals surface area contributed by atoms with Gasteiger partial charge in [-0.3, -0.25) is 14.9 Å². The minimum Gasteiger partial charge on any atom is -0.296 e. The average Bonchev–Trinajstić information content (AvgIpc) is 2.66. The van der Waals surface area contributed by atoms with Gasteiger partial charge in [-0.1, -0.05) is 23.7 Å². The summed E-state index contributed by atoms with van der Waals surface area (Å²) in [6.45, 7) is 0. The maximum Gasteiger partial charge on any atom is 0.230 e. The van der Waals surface area contributed by atoms with Gasteiger partial charge in [0, 0.05) is 5.02 Å². The molecule has 1 N–H and O–H groups in total. The maximum absolute atomic E-state index is 11.7. The first kappa shape index (κ1) is 11.7. The molecule has 1 heterocycles. The molecule has 3 nitrogen and oxygen atoms in total. The van der Waals surface area contributed by atoms with Crippen LogP contribution in [0.4, 0.5) is 0 Å². The molecule has 18 heavy (non-hydrogen) atoms. The van der Waals surface area contributed by atoms with Crippen molar-refractivity contribution < 1.29 is 9.59 Å². The molecule has 1 aromatic carbocycles. The minimum absolute atomic E-state index is 0.0837. The van der Waals surface area contributed by atoms with Crippen LogP contribution >= 0.6 is 11.6 Å². The van der Waals surface area contributed by atoms with Crippen molar-refractivity contribution in [3.05, 3.63) is 34.9 Å². The molecule has 2 fully saturated rings. The van der Waals surface area contributed by atoms with Gasteiger partial charge < -0.3 is 0 Å². The molecule has 4 heteroatoms. The van der Waals surface area contributed by atoms with Crippen molar-refractivity contribution in [1.82, 2.24) is 5.32 Å². The van der Waals surface area contributed by atoms with Crippen molar-refractivity contribution in [2.45, 2.75) is 25.2 Å². The Bertz CT molecular complexity index is 497. The first-order valence-corrected chi connectivity index (χ1v) is 6.63. The number of amides is 2. The highest BCUT2D eigenvalue weighted by atomic mass is 35.5. The summed E-state index contributed by atoms with van der Waals surface area (Å²) in [5, 5.41) is 3.16. The topological polar surface area (TPSA) is 46.2 Å². The van der Waals surface area contributed by atoms with Crippen molar-refractivity contribution in [3.63, 3.8) is 0 Å². The van der Waals surface area contributed by atoms with E-state index >= 15 is 0 Å². The van der Waals surface area contributed by atoms with E-state index in [1.54, 1.807) is 0 Å². The molecule has 0 aromatic heterocycles. The van der Waals surface area contributed by atoms with E-state index in [0.717, 1.165) is 24.3 Å². The van der Waals surface area contributed by atoms with Gasteiger partial charge in [0.15, 0.2) is 0 Å². The fourth-order valence-electron chi connectivity index (χ4n) is 3.12. The van der Waals surface area contributed by atoms with Crippen molar-refractivity contribution >= 4 is 23.4 Å². The number of nitrogens with one attached hydrogen (secondary N) is 1. The predicted octanol–water partition coefficient (Wildman–Crippen LogP) is 2.50. The molecule has 1 saturated heterocycles. The Morgan fingerprint density at radius 2 is 1.67 bits per heavy atom. The summed E-state index contributed by atoms with van der Waals surface area (Å²) >= 11 is 5.87. The van der Waals surface area contributed by atoms with Crippen LogP contribution in [0.2, 0.25) is 5.02 Å². The SMILES string of the molecule is O=C1NC(=O)C2CC(c3ccc(Cl)cc3)CCC12. The summed E-state index contributed by atoms with van der Waals surface area (Å²) in [7, 11) is 0. The molecule has 0 spiro atoms. The summed E-state index contributed by atoms with van der Waals surface area (Å²) < 4.78 is 0. The Balaban J connectivity index is 1.79. The van der Waals surface area contributed by atoms with E-state index in [2.05, 4.69) is 5.32 Å². The Labute approximate surface area is 111 Å². The molecule has 2 amide bonds. The van der Waals surface area contributed by atoms with Crippen LogP contribution in [0.25, 0.3) is 0 Å². The summed E-state index contributed by atoms with van der Waals surface area (Å²) in [5.74, 6) is -0.0450. The Morgan fingerprint density at radius 3 is 2.39 bits per heavy atom. The Kier molecular flexibility index (Phi) is 2.86. The third-order valence-electron chi connectivity index (χ3n) is 4.11. The largest absolute Gasteiger partial charge is 0.296 e. The lowest BCUT2D eigenvalue weighted by atomic mass is 9.73. The van der Waals surface area contributed by atoms with E-state index < -0.39 is 0 Å². The van der Waals surface area contributed by atoms with Crippen molar-refractivity contribution in [2.75, 3.05) is 0 Å². The molecular formula is C14H14ClNO2. The van der Waals surface area contributed by atoms with E-state index in [9.17, 15) is 9.59 Å². The van der Waals surface area contributed by atoms with Gasteiger partial charge in [-0.15, -0.1) is 0 Å². The lowest BCUT2D eigenvalue weighted by molar-refractivity contribution is -0.126. The van der Waals surface area contributed by atoms with Crippen LogP contribution in [0.3, 0.4) is 0 Å². The maximum atomic E-state index is 11.7. The van der Waals surface area contributed by atoms with E-state index in [1.165, 1.54) is 5.56 Å². The van der Waals surface area contributed by atoms with Gasteiger partial charge in [0.1, 0.15) is 0 Å². The molecule has 3 rings (SSSR count). The molecule has 0 radical (unpaired) electrons. The third kappa shape index (κ3) is 1.93. The van der Waals surface area contributed by atoms with Crippen molar-refractivity contribution in [3.8, 4) is 0 Å². The van der Waals surface area contributed by atoms with Crippen molar-refractivity contribution in [2.24, 2.45) is 11.8 Å². The zero-order valence-electron chi connectivity index (χ0n) is 9.86. The van der Waals surface area contributed by atoms with Crippen LogP contribution < -0.4 is 5.32 Å². The summed E-state index contributed by atoms with van der Waals surface area (Å²) in [4.78, 5) is 23.3. The highest BCUT2D eigenvalue weighted by molar-refractivity contribution is 6.30. The number of imide groups is 1. The number of carbonyl (C=O) groups excluding carboxylic acids is 2. The first-order valence-electron chi connectivity index (χ1n) is 6.25. The zero-order chi connectivity index (χ0) is 12.7. The van der Waals surface area contributed by atoms with E-state index in [-0.39, 0.29) is 23.7 Å². The quantitative estimate of drug-likeness (QED) is 0.792. The van der Waals surface area contributed by atoms with Crippen LogP contribution in [0.1, 0.15) is 30.7 Å². The number of rotatable bonds is 1. The van der Waals surface area contributed by atoms with Gasteiger partial charge in [0.05, 0.1) is 11.8 Å². The molecule has 1 saturated carbocycles. The van der Waals surface area contributed by atoms with Gasteiger partial charge in [-0.25, -0.2) is 0 Å². The van der Waals surface area contributed by atoms with E-state index in [4.69, 9.17) is 11.6 Å². The van der Waals surface area contributed by atoms with Gasteiger partial charge in [-0.05, 0) is 42.9 Å².